The van der Waals surface area contributed by atoms with Crippen LogP contribution in [0.3, 0.4) is 0 Å². The number of nitrogens with zero attached hydrogens (tertiary/aromatic N) is 1. The monoisotopic (exact) mass is 342 g/mol. The van der Waals surface area contributed by atoms with Crippen LogP contribution in [0.25, 0.3) is 10.8 Å². The van der Waals surface area contributed by atoms with E-state index in [0.717, 1.165) is 21.9 Å². The summed E-state index contributed by atoms with van der Waals surface area (Å²) in [5.74, 6) is 1.65. The van der Waals surface area contributed by atoms with Gasteiger partial charge in [-0.2, -0.15) is 5.26 Å². The third kappa shape index (κ3) is 2.02. The minimum atomic E-state index is -0.329. The van der Waals surface area contributed by atoms with Crippen molar-refractivity contribution in [1.82, 2.24) is 0 Å². The summed E-state index contributed by atoms with van der Waals surface area (Å²) in [6.07, 6.45) is 0. The smallest absolute Gasteiger partial charge is 0.231 e. The van der Waals surface area contributed by atoms with E-state index in [0.29, 0.717) is 22.8 Å². The van der Waals surface area contributed by atoms with Gasteiger partial charge in [0.25, 0.3) is 0 Å². The van der Waals surface area contributed by atoms with Gasteiger partial charge in [0.1, 0.15) is 17.4 Å². The molecule has 0 saturated heterocycles. The molecule has 2 aliphatic rings. The van der Waals surface area contributed by atoms with Gasteiger partial charge in [0, 0.05) is 11.6 Å². The molecule has 26 heavy (non-hydrogen) atoms. The molecule has 2 heterocycles. The number of ether oxygens (including phenoxy) is 3. The molecule has 0 spiro atoms. The van der Waals surface area contributed by atoms with Gasteiger partial charge >= 0.3 is 0 Å². The Labute approximate surface area is 149 Å². The summed E-state index contributed by atoms with van der Waals surface area (Å²) in [5.41, 5.74) is 8.33. The van der Waals surface area contributed by atoms with Crippen molar-refractivity contribution in [3.63, 3.8) is 0 Å². The van der Waals surface area contributed by atoms with Crippen molar-refractivity contribution in [3.05, 3.63) is 77.2 Å². The van der Waals surface area contributed by atoms with Crippen LogP contribution in [0.15, 0.2) is 66.1 Å². The van der Waals surface area contributed by atoms with Crippen LogP contribution in [-0.4, -0.2) is 6.79 Å². The minimum Gasteiger partial charge on any atom is -0.454 e. The zero-order chi connectivity index (χ0) is 17.7. The maximum absolute atomic E-state index is 9.76. The van der Waals surface area contributed by atoms with Crippen LogP contribution < -0.4 is 19.9 Å². The predicted molar refractivity (Wildman–Crippen MR) is 95.8 cm³/mol. The lowest BCUT2D eigenvalue weighted by Crippen LogP contribution is -2.21. The van der Waals surface area contributed by atoms with E-state index >= 15 is 0 Å². The van der Waals surface area contributed by atoms with E-state index < -0.39 is 0 Å². The molecule has 1 unspecified atom stereocenters. The van der Waals surface area contributed by atoms with Gasteiger partial charge in [-0.3, -0.25) is 0 Å². The number of hydrogen-bond donors (Lipinski definition) is 1. The molecule has 2 aliphatic heterocycles. The summed E-state index contributed by atoms with van der Waals surface area (Å²) in [6, 6.07) is 20.1. The molecule has 0 fully saturated rings. The second-order valence-electron chi connectivity index (χ2n) is 6.24. The highest BCUT2D eigenvalue weighted by molar-refractivity contribution is 5.87. The van der Waals surface area contributed by atoms with E-state index in [1.807, 2.05) is 30.3 Å². The average Bonchev–Trinajstić information content (AvgIpc) is 3.12. The number of nitriles is 1. The number of hydrogen-bond acceptors (Lipinski definition) is 5. The van der Waals surface area contributed by atoms with Gasteiger partial charge in [-0.15, -0.1) is 0 Å². The Bertz CT molecular complexity index is 1120. The first-order valence-electron chi connectivity index (χ1n) is 8.25. The van der Waals surface area contributed by atoms with Crippen molar-refractivity contribution in [2.24, 2.45) is 5.73 Å². The van der Waals surface area contributed by atoms with Crippen LogP contribution >= 0.6 is 0 Å². The zero-order valence-corrected chi connectivity index (χ0v) is 13.7. The summed E-state index contributed by atoms with van der Waals surface area (Å²) >= 11 is 0. The third-order valence-corrected chi connectivity index (χ3v) is 4.84. The number of nitrogens with two attached hydrogens (primary N) is 1. The Kier molecular flexibility index (Phi) is 3.06. The first kappa shape index (κ1) is 14.7. The van der Waals surface area contributed by atoms with E-state index in [2.05, 4.69) is 24.3 Å². The van der Waals surface area contributed by atoms with Crippen LogP contribution in [0.4, 0.5) is 0 Å². The molecule has 0 bridgehead atoms. The highest BCUT2D eigenvalue weighted by Crippen LogP contribution is 2.48. The van der Waals surface area contributed by atoms with E-state index in [1.54, 1.807) is 6.07 Å². The molecule has 126 valence electrons. The summed E-state index contributed by atoms with van der Waals surface area (Å²) in [7, 11) is 0. The molecule has 3 aromatic rings. The average molecular weight is 342 g/mol. The van der Waals surface area contributed by atoms with Crippen LogP contribution in [-0.2, 0) is 0 Å². The van der Waals surface area contributed by atoms with Gasteiger partial charge in [-0.25, -0.2) is 0 Å². The summed E-state index contributed by atoms with van der Waals surface area (Å²) in [5, 5.41) is 11.9. The van der Waals surface area contributed by atoms with Gasteiger partial charge in [-0.1, -0.05) is 42.5 Å². The standard InChI is InChI=1S/C21H14N2O3/c22-10-16-20(14-7-3-5-12-4-1-2-6-13(12)14)15-8-18-19(25-11-24-18)9-17(15)26-21(16)23/h1-9,20H,11,23H2. The Balaban J connectivity index is 1.81. The Morgan fingerprint density at radius 3 is 2.54 bits per heavy atom. The molecule has 5 heteroatoms. The van der Waals surface area contributed by atoms with E-state index in [1.165, 1.54) is 0 Å². The molecule has 5 rings (SSSR count). The zero-order valence-electron chi connectivity index (χ0n) is 13.7. The van der Waals surface area contributed by atoms with Crippen molar-refractivity contribution in [1.29, 1.82) is 5.26 Å². The number of rotatable bonds is 1. The molecule has 3 aromatic carbocycles. The molecule has 0 amide bonds. The molecule has 0 radical (unpaired) electrons. The molecule has 1 atom stereocenters. The lowest BCUT2D eigenvalue weighted by molar-refractivity contribution is 0.174. The van der Waals surface area contributed by atoms with Crippen molar-refractivity contribution in [2.45, 2.75) is 5.92 Å². The first-order chi connectivity index (χ1) is 12.8. The van der Waals surface area contributed by atoms with Gasteiger partial charge in [0.15, 0.2) is 11.5 Å². The molecular weight excluding hydrogens is 328 g/mol. The van der Waals surface area contributed by atoms with Crippen LogP contribution in [0.5, 0.6) is 17.2 Å². The second-order valence-corrected chi connectivity index (χ2v) is 6.24. The van der Waals surface area contributed by atoms with E-state index in [4.69, 9.17) is 19.9 Å². The fourth-order valence-electron chi connectivity index (χ4n) is 3.67. The maximum Gasteiger partial charge on any atom is 0.231 e. The van der Waals surface area contributed by atoms with Crippen molar-refractivity contribution in [3.8, 4) is 23.3 Å². The lowest BCUT2D eigenvalue weighted by Gasteiger charge is -2.27. The van der Waals surface area contributed by atoms with Crippen molar-refractivity contribution < 1.29 is 14.2 Å². The normalized spacial score (nSPS) is 17.6. The van der Waals surface area contributed by atoms with E-state index in [9.17, 15) is 5.26 Å². The molecule has 5 nitrogen and oxygen atoms in total. The second kappa shape index (κ2) is 5.43. The minimum absolute atomic E-state index is 0.122. The van der Waals surface area contributed by atoms with Crippen LogP contribution in [0.1, 0.15) is 17.0 Å². The lowest BCUT2D eigenvalue weighted by atomic mass is 9.81. The fourth-order valence-corrected chi connectivity index (χ4v) is 3.67. The summed E-state index contributed by atoms with van der Waals surface area (Å²) in [4.78, 5) is 0. The maximum atomic E-state index is 9.76. The molecule has 0 saturated carbocycles. The van der Waals surface area contributed by atoms with Crippen LogP contribution in [0.2, 0.25) is 0 Å². The van der Waals surface area contributed by atoms with Crippen molar-refractivity contribution >= 4 is 10.8 Å². The molecular formula is C21H14N2O3. The first-order valence-corrected chi connectivity index (χ1v) is 8.25. The van der Waals surface area contributed by atoms with E-state index in [-0.39, 0.29) is 18.6 Å². The molecule has 2 N–H and O–H groups in total. The number of allylic oxidation sites excluding steroid dienone is 1. The fraction of sp³-hybridized carbons (Fsp3) is 0.0952. The van der Waals surface area contributed by atoms with Crippen molar-refractivity contribution in [2.75, 3.05) is 6.79 Å². The largest absolute Gasteiger partial charge is 0.454 e. The summed E-state index contributed by atoms with van der Waals surface area (Å²) < 4.78 is 16.7. The quantitative estimate of drug-likeness (QED) is 0.728. The summed E-state index contributed by atoms with van der Waals surface area (Å²) in [6.45, 7) is 0.172. The Morgan fingerprint density at radius 2 is 1.69 bits per heavy atom. The van der Waals surface area contributed by atoms with Gasteiger partial charge in [-0.05, 0) is 22.4 Å². The molecule has 0 aliphatic carbocycles. The Hall–Kier alpha value is -3.65. The highest BCUT2D eigenvalue weighted by atomic mass is 16.7. The third-order valence-electron chi connectivity index (χ3n) is 4.84. The predicted octanol–water partition coefficient (Wildman–Crippen LogP) is 3.79. The van der Waals surface area contributed by atoms with Gasteiger partial charge < -0.3 is 19.9 Å². The van der Waals surface area contributed by atoms with Crippen LogP contribution in [0, 0.1) is 11.3 Å². The SMILES string of the molecule is N#CC1=C(N)Oc2cc3c(cc2C1c1cccc2ccccc12)OCO3. The van der Waals surface area contributed by atoms with Gasteiger partial charge in [0.2, 0.25) is 12.7 Å². The highest BCUT2D eigenvalue weighted by Gasteiger charge is 2.33. The topological polar surface area (TPSA) is 77.5 Å². The number of benzene rings is 3. The van der Waals surface area contributed by atoms with Gasteiger partial charge in [0.05, 0.1) is 5.92 Å². The molecule has 0 aromatic heterocycles. The Morgan fingerprint density at radius 1 is 0.923 bits per heavy atom. The number of fused-ring (bicyclic) bond motifs is 3.